The Bertz CT molecular complexity index is 3450. The van der Waals surface area contributed by atoms with E-state index in [4.69, 9.17) is 8.83 Å². The van der Waals surface area contributed by atoms with Gasteiger partial charge < -0.3 is 8.83 Å². The number of para-hydroxylation sites is 1. The molecule has 0 aliphatic heterocycles. The van der Waals surface area contributed by atoms with Gasteiger partial charge in [0, 0.05) is 21.5 Å². The van der Waals surface area contributed by atoms with Gasteiger partial charge in [0.05, 0.1) is 0 Å². The van der Waals surface area contributed by atoms with Gasteiger partial charge in [0.15, 0.2) is 0 Å². The Labute approximate surface area is 310 Å². The third-order valence-electron chi connectivity index (χ3n) is 11.4. The lowest BCUT2D eigenvalue weighted by atomic mass is 9.85. The molecule has 0 amide bonds. The van der Waals surface area contributed by atoms with Gasteiger partial charge in [-0.3, -0.25) is 0 Å². The molecule has 0 aliphatic rings. The average molecular weight is 687 g/mol. The summed E-state index contributed by atoms with van der Waals surface area (Å²) in [4.78, 5) is 0. The second-order valence-corrected chi connectivity index (χ2v) is 14.4. The van der Waals surface area contributed by atoms with Crippen molar-refractivity contribution in [3.8, 4) is 33.4 Å². The fourth-order valence-electron chi connectivity index (χ4n) is 8.95. The molecule has 12 aromatic rings. The van der Waals surface area contributed by atoms with Crippen LogP contribution in [0.15, 0.2) is 191 Å². The molecule has 2 nitrogen and oxygen atoms in total. The fourth-order valence-corrected chi connectivity index (χ4v) is 8.95. The van der Waals surface area contributed by atoms with Crippen LogP contribution in [0.5, 0.6) is 0 Å². The van der Waals surface area contributed by atoms with Crippen LogP contribution in [0.2, 0.25) is 0 Å². The largest absolute Gasteiger partial charge is 0.456 e. The number of hydrogen-bond donors (Lipinski definition) is 0. The molecule has 12 rings (SSSR count). The van der Waals surface area contributed by atoms with E-state index in [1.54, 1.807) is 0 Å². The van der Waals surface area contributed by atoms with Crippen molar-refractivity contribution in [2.45, 2.75) is 0 Å². The molecule has 0 spiro atoms. The summed E-state index contributed by atoms with van der Waals surface area (Å²) in [6.45, 7) is 0. The van der Waals surface area contributed by atoms with Gasteiger partial charge in [0.1, 0.15) is 22.3 Å². The molecule has 2 heteroatoms. The molecule has 0 saturated heterocycles. The van der Waals surface area contributed by atoms with Crippen molar-refractivity contribution >= 4 is 87.0 Å². The number of benzene rings is 10. The molecular formula is C52H30O2. The van der Waals surface area contributed by atoms with Crippen LogP contribution < -0.4 is 0 Å². The van der Waals surface area contributed by atoms with Crippen molar-refractivity contribution in [2.24, 2.45) is 0 Å². The summed E-state index contributed by atoms with van der Waals surface area (Å²) in [6.07, 6.45) is 0. The van der Waals surface area contributed by atoms with Gasteiger partial charge in [-0.1, -0.05) is 133 Å². The molecule has 0 radical (unpaired) electrons. The van der Waals surface area contributed by atoms with Crippen LogP contribution in [-0.2, 0) is 0 Å². The van der Waals surface area contributed by atoms with Crippen molar-refractivity contribution in [1.82, 2.24) is 0 Å². The van der Waals surface area contributed by atoms with E-state index < -0.39 is 0 Å². The summed E-state index contributed by atoms with van der Waals surface area (Å²) in [5, 5.41) is 14.2. The monoisotopic (exact) mass is 686 g/mol. The van der Waals surface area contributed by atoms with Gasteiger partial charge >= 0.3 is 0 Å². The maximum atomic E-state index is 6.58. The van der Waals surface area contributed by atoms with Gasteiger partial charge in [0.2, 0.25) is 0 Å². The topological polar surface area (TPSA) is 26.3 Å². The molecule has 2 heterocycles. The minimum absolute atomic E-state index is 0.879. The van der Waals surface area contributed by atoms with Crippen LogP contribution in [0.25, 0.3) is 120 Å². The standard InChI is InChI=1S/C52H30O2/c1-2-11-32-26-34(21-20-31(32)10-1)33-12-9-13-36(27-33)50-38-14-3-5-16-40(38)51(41-17-6-4-15-39(41)50)37-23-24-47-44(29-37)45-28-35-22-25-48-52(43(35)30-49(45)54-47)42-18-7-8-19-46(42)53-48/h1-30H. The maximum Gasteiger partial charge on any atom is 0.136 e. The summed E-state index contributed by atoms with van der Waals surface area (Å²) in [5.74, 6) is 0. The summed E-state index contributed by atoms with van der Waals surface area (Å²) in [6, 6.07) is 65.8. The van der Waals surface area contributed by atoms with E-state index in [0.29, 0.717) is 0 Å². The Morgan fingerprint density at radius 2 is 0.778 bits per heavy atom. The first kappa shape index (κ1) is 29.4. The average Bonchev–Trinajstić information content (AvgIpc) is 3.79. The summed E-state index contributed by atoms with van der Waals surface area (Å²) < 4.78 is 12.8. The van der Waals surface area contributed by atoms with Gasteiger partial charge in [-0.05, 0) is 125 Å². The van der Waals surface area contributed by atoms with Crippen molar-refractivity contribution in [3.63, 3.8) is 0 Å². The molecule has 0 atom stereocenters. The highest BCUT2D eigenvalue weighted by molar-refractivity contribution is 6.24. The highest BCUT2D eigenvalue weighted by Crippen LogP contribution is 2.46. The van der Waals surface area contributed by atoms with Crippen LogP contribution >= 0.6 is 0 Å². The predicted octanol–water partition coefficient (Wildman–Crippen LogP) is 15.1. The van der Waals surface area contributed by atoms with Crippen LogP contribution in [0.3, 0.4) is 0 Å². The third kappa shape index (κ3) is 4.28. The lowest BCUT2D eigenvalue weighted by molar-refractivity contribution is 0.669. The lowest BCUT2D eigenvalue weighted by Gasteiger charge is -2.18. The molecular weight excluding hydrogens is 657 g/mol. The van der Waals surface area contributed by atoms with Gasteiger partial charge in [-0.2, -0.15) is 0 Å². The zero-order valence-corrected chi connectivity index (χ0v) is 29.1. The van der Waals surface area contributed by atoms with Crippen LogP contribution in [0, 0.1) is 0 Å². The number of hydrogen-bond acceptors (Lipinski definition) is 2. The second-order valence-electron chi connectivity index (χ2n) is 14.4. The van der Waals surface area contributed by atoms with E-state index in [9.17, 15) is 0 Å². The first-order valence-electron chi connectivity index (χ1n) is 18.5. The zero-order chi connectivity index (χ0) is 35.3. The normalized spacial score (nSPS) is 12.1. The van der Waals surface area contributed by atoms with E-state index in [-0.39, 0.29) is 0 Å². The first-order valence-corrected chi connectivity index (χ1v) is 18.5. The highest BCUT2D eigenvalue weighted by atomic mass is 16.3. The van der Waals surface area contributed by atoms with E-state index in [1.807, 2.05) is 12.1 Å². The van der Waals surface area contributed by atoms with E-state index in [2.05, 4.69) is 170 Å². The number of furan rings is 2. The van der Waals surface area contributed by atoms with Crippen LogP contribution in [0.4, 0.5) is 0 Å². The van der Waals surface area contributed by atoms with Gasteiger partial charge in [0.25, 0.3) is 0 Å². The van der Waals surface area contributed by atoms with Gasteiger partial charge in [-0.25, -0.2) is 0 Å². The smallest absolute Gasteiger partial charge is 0.136 e. The van der Waals surface area contributed by atoms with Crippen molar-refractivity contribution in [1.29, 1.82) is 0 Å². The second kappa shape index (κ2) is 11.2. The SMILES string of the molecule is c1cc(-c2ccc3ccccc3c2)cc(-c2c3ccccc3c(-c3ccc4oc5cc6c(ccc7oc8ccccc8c76)cc5c4c3)c3ccccc23)c1. The van der Waals surface area contributed by atoms with E-state index in [1.165, 1.54) is 71.1 Å². The van der Waals surface area contributed by atoms with E-state index in [0.717, 1.165) is 49.3 Å². The third-order valence-corrected chi connectivity index (χ3v) is 11.4. The molecule has 2 aromatic heterocycles. The Kier molecular flexibility index (Phi) is 6.09. The quantitative estimate of drug-likeness (QED) is 0.173. The van der Waals surface area contributed by atoms with Crippen LogP contribution in [-0.4, -0.2) is 0 Å². The Morgan fingerprint density at radius 3 is 1.56 bits per heavy atom. The molecule has 0 saturated carbocycles. The molecule has 0 aliphatic carbocycles. The highest BCUT2D eigenvalue weighted by Gasteiger charge is 2.19. The van der Waals surface area contributed by atoms with Gasteiger partial charge in [-0.15, -0.1) is 0 Å². The summed E-state index contributed by atoms with van der Waals surface area (Å²) >= 11 is 0. The Hall–Kier alpha value is -7.16. The molecule has 0 unspecified atom stereocenters. The predicted molar refractivity (Wildman–Crippen MR) is 227 cm³/mol. The van der Waals surface area contributed by atoms with E-state index >= 15 is 0 Å². The number of fused-ring (bicyclic) bond motifs is 11. The minimum atomic E-state index is 0.879. The van der Waals surface area contributed by atoms with Crippen molar-refractivity contribution < 1.29 is 8.83 Å². The molecule has 0 bridgehead atoms. The lowest BCUT2D eigenvalue weighted by Crippen LogP contribution is -1.91. The number of rotatable bonds is 3. The molecule has 250 valence electrons. The fraction of sp³-hybridized carbons (Fsp3) is 0. The van der Waals surface area contributed by atoms with Crippen molar-refractivity contribution in [2.75, 3.05) is 0 Å². The first-order chi connectivity index (χ1) is 26.7. The molecule has 10 aromatic carbocycles. The Balaban J connectivity index is 1.07. The van der Waals surface area contributed by atoms with Crippen LogP contribution in [0.1, 0.15) is 0 Å². The van der Waals surface area contributed by atoms with Crippen molar-refractivity contribution in [3.05, 3.63) is 182 Å². The maximum absolute atomic E-state index is 6.58. The Morgan fingerprint density at radius 1 is 0.241 bits per heavy atom. The molecule has 54 heavy (non-hydrogen) atoms. The zero-order valence-electron chi connectivity index (χ0n) is 29.1. The summed E-state index contributed by atoms with van der Waals surface area (Å²) in [7, 11) is 0. The molecule has 0 fully saturated rings. The minimum Gasteiger partial charge on any atom is -0.456 e. The molecule has 0 N–H and O–H groups in total. The summed E-state index contributed by atoms with van der Waals surface area (Å²) in [5.41, 5.74) is 10.9.